The number of likely N-dealkylation sites (N-methyl/N-ethyl adjacent to an activating group) is 1. The molecule has 0 aliphatic carbocycles. The summed E-state index contributed by atoms with van der Waals surface area (Å²) >= 11 is 0. The second-order valence-electron chi connectivity index (χ2n) is 4.61. The van der Waals surface area contributed by atoms with E-state index in [0.717, 1.165) is 0 Å². The summed E-state index contributed by atoms with van der Waals surface area (Å²) in [6, 6.07) is 5.02. The van der Waals surface area contributed by atoms with Crippen molar-refractivity contribution in [1.82, 2.24) is 14.7 Å². The summed E-state index contributed by atoms with van der Waals surface area (Å²) in [7, 11) is 0. The van der Waals surface area contributed by atoms with Gasteiger partial charge in [-0.05, 0) is 32.0 Å². The monoisotopic (exact) mass is 305 g/mol. The molecule has 7 nitrogen and oxygen atoms in total. The fraction of sp³-hybridized carbons (Fsp3) is 0.400. The number of nitrogens with zero attached hydrogens (tertiary/aromatic N) is 3. The van der Waals surface area contributed by atoms with Crippen molar-refractivity contribution in [2.24, 2.45) is 0 Å². The van der Waals surface area contributed by atoms with Crippen LogP contribution < -0.4 is 0 Å². The Morgan fingerprint density at radius 3 is 2.73 bits per heavy atom. The minimum Gasteiger partial charge on any atom is -0.452 e. The maximum Gasteiger partial charge on any atom is 0.374 e. The van der Waals surface area contributed by atoms with E-state index in [2.05, 4.69) is 5.10 Å². The highest BCUT2D eigenvalue weighted by Crippen LogP contribution is 2.10. The lowest BCUT2D eigenvalue weighted by Crippen LogP contribution is -2.34. The molecule has 2 aromatic heterocycles. The van der Waals surface area contributed by atoms with Crippen molar-refractivity contribution in [3.05, 3.63) is 42.1 Å². The van der Waals surface area contributed by atoms with E-state index in [4.69, 9.17) is 9.15 Å². The van der Waals surface area contributed by atoms with Crippen molar-refractivity contribution >= 4 is 11.9 Å². The van der Waals surface area contributed by atoms with Gasteiger partial charge in [-0.15, -0.1) is 0 Å². The van der Waals surface area contributed by atoms with Crippen molar-refractivity contribution < 1.29 is 18.7 Å². The van der Waals surface area contributed by atoms with Gasteiger partial charge in [0.2, 0.25) is 5.76 Å². The summed E-state index contributed by atoms with van der Waals surface area (Å²) in [4.78, 5) is 25.2. The van der Waals surface area contributed by atoms with Gasteiger partial charge in [-0.25, -0.2) is 4.79 Å². The zero-order chi connectivity index (χ0) is 15.9. The summed E-state index contributed by atoms with van der Waals surface area (Å²) in [6.45, 7) is 5.06. The van der Waals surface area contributed by atoms with Crippen molar-refractivity contribution in [3.8, 4) is 0 Å². The minimum atomic E-state index is -0.646. The molecule has 0 radical (unpaired) electrons. The predicted octanol–water partition coefficient (Wildman–Crippen LogP) is 1.55. The highest BCUT2D eigenvalue weighted by atomic mass is 16.5. The highest BCUT2D eigenvalue weighted by Gasteiger charge is 2.17. The number of esters is 1. The lowest BCUT2D eigenvalue weighted by atomic mass is 10.4. The molecule has 0 unspecified atom stereocenters. The van der Waals surface area contributed by atoms with E-state index in [1.165, 1.54) is 6.07 Å². The van der Waals surface area contributed by atoms with Gasteiger partial charge in [-0.2, -0.15) is 5.10 Å². The van der Waals surface area contributed by atoms with Gasteiger partial charge >= 0.3 is 5.97 Å². The molecule has 2 rings (SSSR count). The molecule has 0 aliphatic heterocycles. The third kappa shape index (κ3) is 3.97. The predicted molar refractivity (Wildman–Crippen MR) is 78.2 cm³/mol. The van der Waals surface area contributed by atoms with Crippen LogP contribution >= 0.6 is 0 Å². The molecule has 0 aliphatic rings. The van der Waals surface area contributed by atoms with Crippen LogP contribution in [0.1, 0.15) is 30.2 Å². The van der Waals surface area contributed by atoms with E-state index in [1.807, 2.05) is 13.8 Å². The normalized spacial score (nSPS) is 10.5. The van der Waals surface area contributed by atoms with Crippen LogP contribution in [0.4, 0.5) is 0 Å². The third-order valence-corrected chi connectivity index (χ3v) is 3.18. The molecule has 0 atom stereocenters. The number of aromatic nitrogens is 2. The Labute approximate surface area is 128 Å². The first-order valence-corrected chi connectivity index (χ1v) is 7.15. The molecule has 118 valence electrons. The first kappa shape index (κ1) is 15.8. The van der Waals surface area contributed by atoms with Crippen LogP contribution in [0.5, 0.6) is 0 Å². The standard InChI is InChI=1S/C15H19N3O4/c1-3-17(4-2)14(19)11-21-15(20)13-7-6-12(22-13)10-18-9-5-8-16-18/h5-9H,3-4,10-11H2,1-2H3. The zero-order valence-electron chi connectivity index (χ0n) is 12.7. The summed E-state index contributed by atoms with van der Waals surface area (Å²) < 4.78 is 12.1. The Bertz CT molecular complexity index is 615. The maximum atomic E-state index is 11.9. The molecular weight excluding hydrogens is 286 g/mol. The van der Waals surface area contributed by atoms with Gasteiger partial charge < -0.3 is 14.1 Å². The van der Waals surface area contributed by atoms with Crippen LogP contribution in [-0.2, 0) is 16.1 Å². The fourth-order valence-electron chi connectivity index (χ4n) is 1.99. The molecular formula is C15H19N3O4. The quantitative estimate of drug-likeness (QED) is 0.725. The first-order chi connectivity index (χ1) is 10.6. The van der Waals surface area contributed by atoms with Crippen molar-refractivity contribution in [2.75, 3.05) is 19.7 Å². The molecule has 0 N–H and O–H groups in total. The maximum absolute atomic E-state index is 11.9. The first-order valence-electron chi connectivity index (χ1n) is 7.15. The molecule has 0 aromatic carbocycles. The lowest BCUT2D eigenvalue weighted by molar-refractivity contribution is -0.134. The molecule has 22 heavy (non-hydrogen) atoms. The third-order valence-electron chi connectivity index (χ3n) is 3.18. The largest absolute Gasteiger partial charge is 0.452 e. The van der Waals surface area contributed by atoms with Gasteiger partial charge in [-0.3, -0.25) is 9.48 Å². The smallest absolute Gasteiger partial charge is 0.374 e. The SMILES string of the molecule is CCN(CC)C(=O)COC(=O)c1ccc(Cn2cccn2)o1. The van der Waals surface area contributed by atoms with E-state index in [1.54, 1.807) is 34.1 Å². The number of hydrogen-bond acceptors (Lipinski definition) is 5. The molecule has 0 saturated heterocycles. The second-order valence-corrected chi connectivity index (χ2v) is 4.61. The molecule has 2 heterocycles. The second kappa shape index (κ2) is 7.44. The van der Waals surface area contributed by atoms with Crippen molar-refractivity contribution in [3.63, 3.8) is 0 Å². The Balaban J connectivity index is 1.88. The van der Waals surface area contributed by atoms with Gasteiger partial charge in [0, 0.05) is 25.5 Å². The van der Waals surface area contributed by atoms with E-state index >= 15 is 0 Å². The van der Waals surface area contributed by atoms with E-state index in [-0.39, 0.29) is 18.3 Å². The van der Waals surface area contributed by atoms with Gasteiger partial charge in [0.25, 0.3) is 5.91 Å². The highest BCUT2D eigenvalue weighted by molar-refractivity contribution is 5.88. The number of furan rings is 1. The van der Waals surface area contributed by atoms with Crippen LogP contribution in [-0.4, -0.2) is 46.3 Å². The summed E-state index contributed by atoms with van der Waals surface area (Å²) in [5, 5.41) is 4.05. The molecule has 0 bridgehead atoms. The number of carbonyl (C=O) groups is 2. The number of rotatable bonds is 7. The average Bonchev–Trinajstić information content (AvgIpc) is 3.18. The van der Waals surface area contributed by atoms with Crippen LogP contribution in [0, 0.1) is 0 Å². The fourth-order valence-corrected chi connectivity index (χ4v) is 1.99. The van der Waals surface area contributed by atoms with E-state index in [9.17, 15) is 9.59 Å². The van der Waals surface area contributed by atoms with Gasteiger partial charge in [0.1, 0.15) is 5.76 Å². The Morgan fingerprint density at radius 1 is 1.32 bits per heavy atom. The van der Waals surface area contributed by atoms with Crippen molar-refractivity contribution in [2.45, 2.75) is 20.4 Å². The Kier molecular flexibility index (Phi) is 5.35. The van der Waals surface area contributed by atoms with Crippen LogP contribution in [0.25, 0.3) is 0 Å². The molecule has 7 heteroatoms. The Hall–Kier alpha value is -2.57. The molecule has 0 fully saturated rings. The summed E-state index contributed by atoms with van der Waals surface area (Å²) in [5.41, 5.74) is 0. The summed E-state index contributed by atoms with van der Waals surface area (Å²) in [6.07, 6.45) is 3.46. The van der Waals surface area contributed by atoms with Crippen LogP contribution in [0.2, 0.25) is 0 Å². The molecule has 0 spiro atoms. The zero-order valence-corrected chi connectivity index (χ0v) is 12.7. The van der Waals surface area contributed by atoms with Gasteiger partial charge in [0.15, 0.2) is 6.61 Å². The number of hydrogen-bond donors (Lipinski definition) is 0. The lowest BCUT2D eigenvalue weighted by Gasteiger charge is -2.17. The van der Waals surface area contributed by atoms with Gasteiger partial charge in [-0.1, -0.05) is 0 Å². The van der Waals surface area contributed by atoms with E-state index < -0.39 is 5.97 Å². The van der Waals surface area contributed by atoms with Crippen LogP contribution in [0.3, 0.4) is 0 Å². The topological polar surface area (TPSA) is 77.6 Å². The number of amides is 1. The molecule has 1 amide bonds. The molecule has 2 aromatic rings. The van der Waals surface area contributed by atoms with E-state index in [0.29, 0.717) is 25.4 Å². The van der Waals surface area contributed by atoms with Crippen molar-refractivity contribution in [1.29, 1.82) is 0 Å². The number of carbonyl (C=O) groups excluding carboxylic acids is 2. The summed E-state index contributed by atoms with van der Waals surface area (Å²) in [5.74, 6) is -0.200. The number of ether oxygens (including phenoxy) is 1. The minimum absolute atomic E-state index is 0.0782. The molecule has 0 saturated carbocycles. The van der Waals surface area contributed by atoms with Crippen LogP contribution in [0.15, 0.2) is 35.0 Å². The van der Waals surface area contributed by atoms with Gasteiger partial charge in [0.05, 0.1) is 6.54 Å². The average molecular weight is 305 g/mol. The Morgan fingerprint density at radius 2 is 2.09 bits per heavy atom.